The van der Waals surface area contributed by atoms with Crippen molar-refractivity contribution in [2.75, 3.05) is 26.8 Å². The molecule has 0 saturated carbocycles. The molecule has 0 radical (unpaired) electrons. The lowest BCUT2D eigenvalue weighted by Crippen LogP contribution is -2.39. The third-order valence-electron chi connectivity index (χ3n) is 1.74. The molecule has 0 aliphatic carbocycles. The fourth-order valence-corrected chi connectivity index (χ4v) is 1.08. The first-order valence-electron chi connectivity index (χ1n) is 4.67. The minimum atomic E-state index is -1.23. The molecular weight excluding hydrogens is 218 g/mol. The largest absolute Gasteiger partial charge is 0.480 e. The van der Waals surface area contributed by atoms with Crippen molar-refractivity contribution in [3.63, 3.8) is 0 Å². The Bertz CT molecular complexity index is 249. The van der Waals surface area contributed by atoms with E-state index in [1.54, 1.807) is 0 Å². The summed E-state index contributed by atoms with van der Waals surface area (Å²) >= 11 is 0. The number of carboxylic acids is 2. The molecule has 0 fully saturated rings. The summed E-state index contributed by atoms with van der Waals surface area (Å²) in [7, 11) is 1.48. The number of carboxylic acid groups (broad SMARTS) is 2. The molecule has 7 nitrogen and oxygen atoms in total. The van der Waals surface area contributed by atoms with E-state index in [2.05, 4.69) is 0 Å². The minimum absolute atomic E-state index is 0.0778. The maximum Gasteiger partial charge on any atom is 0.323 e. The van der Waals surface area contributed by atoms with Crippen molar-refractivity contribution in [3.05, 3.63) is 0 Å². The first-order chi connectivity index (χ1) is 7.47. The van der Waals surface area contributed by atoms with Gasteiger partial charge in [-0.1, -0.05) is 0 Å². The van der Waals surface area contributed by atoms with Crippen LogP contribution in [0, 0.1) is 0 Å². The van der Waals surface area contributed by atoms with Crippen LogP contribution < -0.4 is 0 Å². The zero-order valence-corrected chi connectivity index (χ0v) is 9.01. The summed E-state index contributed by atoms with van der Waals surface area (Å²) in [5.74, 6) is -2.97. The van der Waals surface area contributed by atoms with Gasteiger partial charge in [-0.25, -0.2) is 0 Å². The molecule has 0 aliphatic heterocycles. The van der Waals surface area contributed by atoms with Crippen molar-refractivity contribution in [1.82, 2.24) is 4.90 Å². The average Bonchev–Trinajstić information content (AvgIpc) is 2.15. The lowest BCUT2D eigenvalue weighted by Gasteiger charge is -2.18. The highest BCUT2D eigenvalue weighted by atomic mass is 16.5. The van der Waals surface area contributed by atoms with Gasteiger partial charge in [0.15, 0.2) is 0 Å². The van der Waals surface area contributed by atoms with E-state index >= 15 is 0 Å². The van der Waals surface area contributed by atoms with Crippen molar-refractivity contribution in [2.45, 2.75) is 12.8 Å². The topological polar surface area (TPSA) is 104 Å². The summed E-state index contributed by atoms with van der Waals surface area (Å²) in [6.07, 6.45) is 0.513. The van der Waals surface area contributed by atoms with Crippen LogP contribution in [0.25, 0.3) is 0 Å². The number of carbonyl (C=O) groups is 3. The maximum absolute atomic E-state index is 11.4. The van der Waals surface area contributed by atoms with Crippen LogP contribution in [0.15, 0.2) is 0 Å². The molecule has 2 N–H and O–H groups in total. The van der Waals surface area contributed by atoms with Gasteiger partial charge in [0.2, 0.25) is 5.91 Å². The number of nitrogens with zero attached hydrogens (tertiary/aromatic N) is 1. The van der Waals surface area contributed by atoms with Gasteiger partial charge in [-0.05, 0) is 6.42 Å². The predicted molar refractivity (Wildman–Crippen MR) is 53.0 cm³/mol. The Morgan fingerprint density at radius 2 is 1.62 bits per heavy atom. The van der Waals surface area contributed by atoms with Crippen molar-refractivity contribution in [2.24, 2.45) is 0 Å². The molecule has 0 rings (SSSR count). The van der Waals surface area contributed by atoms with Gasteiger partial charge >= 0.3 is 11.9 Å². The van der Waals surface area contributed by atoms with Gasteiger partial charge < -0.3 is 19.8 Å². The molecule has 92 valence electrons. The fraction of sp³-hybridized carbons (Fsp3) is 0.667. The number of amides is 1. The molecule has 0 saturated heterocycles. The van der Waals surface area contributed by atoms with E-state index in [9.17, 15) is 14.4 Å². The fourth-order valence-electron chi connectivity index (χ4n) is 1.08. The maximum atomic E-state index is 11.4. The Kier molecular flexibility index (Phi) is 6.86. The smallest absolute Gasteiger partial charge is 0.323 e. The van der Waals surface area contributed by atoms with Crippen LogP contribution in [-0.2, 0) is 19.1 Å². The molecule has 7 heteroatoms. The van der Waals surface area contributed by atoms with Crippen LogP contribution in [0.1, 0.15) is 12.8 Å². The molecule has 0 unspecified atom stereocenters. The van der Waals surface area contributed by atoms with E-state index in [1.807, 2.05) is 0 Å². The van der Waals surface area contributed by atoms with Crippen LogP contribution in [0.2, 0.25) is 0 Å². The summed E-state index contributed by atoms with van der Waals surface area (Å²) in [5.41, 5.74) is 0. The van der Waals surface area contributed by atoms with E-state index in [-0.39, 0.29) is 6.42 Å². The first-order valence-corrected chi connectivity index (χ1v) is 4.67. The second-order valence-corrected chi connectivity index (χ2v) is 3.13. The Labute approximate surface area is 92.6 Å². The molecule has 0 atom stereocenters. The van der Waals surface area contributed by atoms with E-state index in [4.69, 9.17) is 14.9 Å². The molecule has 16 heavy (non-hydrogen) atoms. The zero-order chi connectivity index (χ0) is 12.6. The number of methoxy groups -OCH3 is 1. The monoisotopic (exact) mass is 233 g/mol. The second kappa shape index (κ2) is 7.63. The van der Waals surface area contributed by atoms with Gasteiger partial charge in [-0.2, -0.15) is 0 Å². The summed E-state index contributed by atoms with van der Waals surface area (Å²) in [4.78, 5) is 33.1. The molecule has 0 heterocycles. The Balaban J connectivity index is 4.20. The molecule has 0 aliphatic rings. The lowest BCUT2D eigenvalue weighted by atomic mass is 10.3. The second-order valence-electron chi connectivity index (χ2n) is 3.13. The summed E-state index contributed by atoms with van der Waals surface area (Å²) in [6, 6.07) is 0. The third-order valence-corrected chi connectivity index (χ3v) is 1.74. The third kappa shape index (κ3) is 6.77. The van der Waals surface area contributed by atoms with Crippen molar-refractivity contribution in [1.29, 1.82) is 0 Å². The predicted octanol–water partition coefficient (Wildman–Crippen LogP) is -0.589. The Morgan fingerprint density at radius 3 is 2.00 bits per heavy atom. The van der Waals surface area contributed by atoms with E-state index in [0.717, 1.165) is 4.90 Å². The SMILES string of the molecule is COCCCC(=O)N(CC(=O)O)CC(=O)O. The lowest BCUT2D eigenvalue weighted by molar-refractivity contribution is -0.149. The molecule has 0 bridgehead atoms. The quantitative estimate of drug-likeness (QED) is 0.543. The van der Waals surface area contributed by atoms with Gasteiger partial charge in [-0.3, -0.25) is 14.4 Å². The summed E-state index contributed by atoms with van der Waals surface area (Å²) < 4.78 is 4.73. The van der Waals surface area contributed by atoms with E-state index in [0.29, 0.717) is 13.0 Å². The van der Waals surface area contributed by atoms with Gasteiger partial charge in [0.05, 0.1) is 0 Å². The highest BCUT2D eigenvalue weighted by Gasteiger charge is 2.18. The normalized spacial score (nSPS) is 9.81. The number of ether oxygens (including phenoxy) is 1. The van der Waals surface area contributed by atoms with Crippen LogP contribution in [0.5, 0.6) is 0 Å². The standard InChI is InChI=1S/C9H15NO6/c1-16-4-2-3-7(11)10(5-8(12)13)6-9(14)15/h2-6H2,1H3,(H,12,13)(H,14,15). The Morgan fingerprint density at radius 1 is 1.12 bits per heavy atom. The molecule has 0 spiro atoms. The van der Waals surface area contributed by atoms with Crippen LogP contribution >= 0.6 is 0 Å². The molecule has 0 aromatic heterocycles. The van der Waals surface area contributed by atoms with Crippen LogP contribution in [-0.4, -0.2) is 59.8 Å². The highest BCUT2D eigenvalue weighted by Crippen LogP contribution is 1.98. The molecule has 0 aromatic rings. The number of hydrogen-bond donors (Lipinski definition) is 2. The minimum Gasteiger partial charge on any atom is -0.480 e. The number of rotatable bonds is 8. The van der Waals surface area contributed by atoms with E-state index < -0.39 is 30.9 Å². The molecule has 0 aromatic carbocycles. The molecule has 1 amide bonds. The van der Waals surface area contributed by atoms with E-state index in [1.165, 1.54) is 7.11 Å². The summed E-state index contributed by atoms with van der Waals surface area (Å²) in [6.45, 7) is -0.823. The summed E-state index contributed by atoms with van der Waals surface area (Å²) in [5, 5.41) is 17.0. The number of carbonyl (C=O) groups excluding carboxylic acids is 1. The number of hydrogen-bond acceptors (Lipinski definition) is 4. The van der Waals surface area contributed by atoms with Gasteiger partial charge in [0, 0.05) is 20.1 Å². The van der Waals surface area contributed by atoms with Gasteiger partial charge in [0.1, 0.15) is 13.1 Å². The van der Waals surface area contributed by atoms with Crippen LogP contribution in [0.4, 0.5) is 0 Å². The Hall–Kier alpha value is -1.63. The average molecular weight is 233 g/mol. The van der Waals surface area contributed by atoms with Crippen LogP contribution in [0.3, 0.4) is 0 Å². The first kappa shape index (κ1) is 14.4. The van der Waals surface area contributed by atoms with Gasteiger partial charge in [0.25, 0.3) is 0 Å². The zero-order valence-electron chi connectivity index (χ0n) is 9.01. The van der Waals surface area contributed by atoms with Gasteiger partial charge in [-0.15, -0.1) is 0 Å². The van der Waals surface area contributed by atoms with Crippen molar-refractivity contribution >= 4 is 17.8 Å². The number of aliphatic carboxylic acids is 2. The molecular formula is C9H15NO6. The van der Waals surface area contributed by atoms with Crippen molar-refractivity contribution in [3.8, 4) is 0 Å². The van der Waals surface area contributed by atoms with Crippen molar-refractivity contribution < 1.29 is 29.3 Å². The highest BCUT2D eigenvalue weighted by molar-refractivity contribution is 5.85.